The second-order valence-electron chi connectivity index (χ2n) is 3.45. The molecule has 0 bridgehead atoms. The zero-order valence-corrected chi connectivity index (χ0v) is 10.1. The molecule has 2 rings (SSSR count). The van der Waals surface area contributed by atoms with Gasteiger partial charge in [-0.05, 0) is 0 Å². The molecule has 0 amide bonds. The fourth-order valence-electron chi connectivity index (χ4n) is 1.58. The van der Waals surface area contributed by atoms with E-state index in [4.69, 9.17) is 0 Å². The minimum absolute atomic E-state index is 1.00. The second-order valence-corrected chi connectivity index (χ2v) is 4.32. The van der Waals surface area contributed by atoms with Crippen molar-refractivity contribution in [3.8, 4) is 0 Å². The summed E-state index contributed by atoms with van der Waals surface area (Å²) < 4.78 is 1.24. The molecule has 1 aromatic carbocycles. The molecule has 15 heavy (non-hydrogen) atoms. The summed E-state index contributed by atoms with van der Waals surface area (Å²) in [6.07, 6.45) is 7.45. The molecule has 0 spiro atoms. The Balaban J connectivity index is 2.30. The van der Waals surface area contributed by atoms with E-state index in [-0.39, 0.29) is 0 Å². The Morgan fingerprint density at radius 1 is 1.20 bits per heavy atom. The van der Waals surface area contributed by atoms with Gasteiger partial charge in [0, 0.05) is 0 Å². The SMILES string of the molecule is C=C1C=CCC=C1[C](=[Ru+])c1ccccc1. The zero-order valence-electron chi connectivity index (χ0n) is 8.39. The van der Waals surface area contributed by atoms with E-state index in [1.807, 2.05) is 6.07 Å². The Morgan fingerprint density at radius 3 is 2.60 bits per heavy atom. The summed E-state index contributed by atoms with van der Waals surface area (Å²) >= 11 is 2.71. The summed E-state index contributed by atoms with van der Waals surface area (Å²) in [4.78, 5) is 0. The second kappa shape index (κ2) is 4.64. The van der Waals surface area contributed by atoms with Gasteiger partial charge >= 0.3 is 100 Å². The summed E-state index contributed by atoms with van der Waals surface area (Å²) in [5, 5.41) is 0. The Morgan fingerprint density at radius 2 is 1.93 bits per heavy atom. The first kappa shape index (κ1) is 10.5. The van der Waals surface area contributed by atoms with Crippen molar-refractivity contribution in [1.29, 1.82) is 0 Å². The van der Waals surface area contributed by atoms with Crippen molar-refractivity contribution in [3.63, 3.8) is 0 Å². The molecule has 0 heterocycles. The molecule has 0 fully saturated rings. The average Bonchev–Trinajstić information content (AvgIpc) is 2.30. The average molecular weight is 281 g/mol. The third kappa shape index (κ3) is 2.30. The third-order valence-corrected chi connectivity index (χ3v) is 3.34. The number of hydrogen-bond acceptors (Lipinski definition) is 0. The molecule has 1 heteroatoms. The third-order valence-electron chi connectivity index (χ3n) is 2.37. The molecule has 1 aliphatic rings. The molecule has 0 radical (unpaired) electrons. The molecule has 0 unspecified atom stereocenters. The van der Waals surface area contributed by atoms with Gasteiger partial charge in [-0.3, -0.25) is 0 Å². The van der Waals surface area contributed by atoms with Crippen LogP contribution in [0, 0.1) is 0 Å². The van der Waals surface area contributed by atoms with Gasteiger partial charge in [0.1, 0.15) is 0 Å². The van der Waals surface area contributed by atoms with E-state index in [1.165, 1.54) is 15.2 Å². The molecule has 0 N–H and O–H groups in total. The van der Waals surface area contributed by atoms with Gasteiger partial charge < -0.3 is 0 Å². The van der Waals surface area contributed by atoms with E-state index in [1.54, 1.807) is 0 Å². The van der Waals surface area contributed by atoms with Crippen LogP contribution in [0.5, 0.6) is 0 Å². The van der Waals surface area contributed by atoms with Crippen molar-refractivity contribution in [2.24, 2.45) is 0 Å². The predicted octanol–water partition coefficient (Wildman–Crippen LogP) is 3.20. The Kier molecular flexibility index (Phi) is 3.23. The van der Waals surface area contributed by atoms with Gasteiger partial charge in [-0.2, -0.15) is 0 Å². The predicted molar refractivity (Wildman–Crippen MR) is 61.5 cm³/mol. The summed E-state index contributed by atoms with van der Waals surface area (Å²) in [7, 11) is 0. The van der Waals surface area contributed by atoms with E-state index in [2.05, 4.69) is 66.9 Å². The first-order valence-corrected chi connectivity index (χ1v) is 5.79. The standard InChI is InChI=1S/C14H12.Ru/c1-12-7-5-6-10-14(12)11-13-8-3-2-4-9-13;/h2-5,7-10H,1,6H2;/q;+1. The molecule has 0 nitrogen and oxygen atoms in total. The van der Waals surface area contributed by atoms with Crippen LogP contribution >= 0.6 is 0 Å². The number of benzene rings is 1. The molecule has 0 aromatic heterocycles. The zero-order chi connectivity index (χ0) is 10.7. The number of rotatable bonds is 2. The van der Waals surface area contributed by atoms with Crippen LogP contribution in [0.1, 0.15) is 12.0 Å². The van der Waals surface area contributed by atoms with Crippen molar-refractivity contribution in [3.05, 3.63) is 71.8 Å². The normalized spacial score (nSPS) is 14.9. The molecule has 0 atom stereocenters. The maximum absolute atomic E-state index is 4.06. The van der Waals surface area contributed by atoms with Gasteiger partial charge in [0.15, 0.2) is 0 Å². The van der Waals surface area contributed by atoms with Gasteiger partial charge in [-0.15, -0.1) is 0 Å². The number of allylic oxidation sites excluding steroid dienone is 5. The van der Waals surface area contributed by atoms with Gasteiger partial charge in [0.2, 0.25) is 0 Å². The van der Waals surface area contributed by atoms with E-state index >= 15 is 0 Å². The molecule has 75 valence electrons. The molecule has 0 saturated heterocycles. The molecular weight excluding hydrogens is 269 g/mol. The van der Waals surface area contributed by atoms with Crippen LogP contribution in [0.25, 0.3) is 0 Å². The fraction of sp³-hybridized carbons (Fsp3) is 0.0714. The van der Waals surface area contributed by atoms with Gasteiger partial charge in [-0.1, -0.05) is 0 Å². The fourth-order valence-corrected chi connectivity index (χ4v) is 2.32. The van der Waals surface area contributed by atoms with Crippen molar-refractivity contribution in [2.75, 3.05) is 0 Å². The first-order valence-electron chi connectivity index (χ1n) is 4.92. The minimum atomic E-state index is 1.00. The van der Waals surface area contributed by atoms with Crippen LogP contribution < -0.4 is 0 Å². The molecule has 0 aliphatic heterocycles. The summed E-state index contributed by atoms with van der Waals surface area (Å²) in [5.41, 5.74) is 3.59. The van der Waals surface area contributed by atoms with Gasteiger partial charge in [-0.25, -0.2) is 0 Å². The van der Waals surface area contributed by atoms with E-state index in [9.17, 15) is 0 Å². The van der Waals surface area contributed by atoms with Crippen molar-refractivity contribution >= 4 is 4.11 Å². The van der Waals surface area contributed by atoms with Crippen LogP contribution in [-0.4, -0.2) is 4.11 Å². The van der Waals surface area contributed by atoms with Crippen molar-refractivity contribution in [2.45, 2.75) is 6.42 Å². The summed E-state index contributed by atoms with van der Waals surface area (Å²) in [6, 6.07) is 10.4. The van der Waals surface area contributed by atoms with Crippen LogP contribution in [0.2, 0.25) is 0 Å². The topological polar surface area (TPSA) is 0 Å². The Bertz CT molecular complexity index is 449. The monoisotopic (exact) mass is 282 g/mol. The maximum atomic E-state index is 4.06. The van der Waals surface area contributed by atoms with E-state index in [0.29, 0.717) is 0 Å². The van der Waals surface area contributed by atoms with Crippen LogP contribution in [-0.2, 0) is 17.9 Å². The van der Waals surface area contributed by atoms with Crippen LogP contribution in [0.4, 0.5) is 0 Å². The van der Waals surface area contributed by atoms with Crippen molar-refractivity contribution < 1.29 is 17.9 Å². The molecular formula is C14H12Ru+. The number of hydrogen-bond donors (Lipinski definition) is 0. The quantitative estimate of drug-likeness (QED) is 0.730. The summed E-state index contributed by atoms with van der Waals surface area (Å²) in [6.45, 7) is 4.06. The van der Waals surface area contributed by atoms with Crippen LogP contribution in [0.3, 0.4) is 0 Å². The molecule has 1 aromatic rings. The van der Waals surface area contributed by atoms with Gasteiger partial charge in [0.25, 0.3) is 0 Å². The van der Waals surface area contributed by atoms with Crippen LogP contribution in [0.15, 0.2) is 66.3 Å². The first-order chi connectivity index (χ1) is 7.29. The van der Waals surface area contributed by atoms with E-state index < -0.39 is 0 Å². The Hall–Kier alpha value is -1.07. The molecule has 0 saturated carbocycles. The van der Waals surface area contributed by atoms with E-state index in [0.717, 1.165) is 12.0 Å². The Labute approximate surface area is 100 Å². The molecule has 1 aliphatic carbocycles. The summed E-state index contributed by atoms with van der Waals surface area (Å²) in [5.74, 6) is 0. The van der Waals surface area contributed by atoms with Gasteiger partial charge in [0.05, 0.1) is 0 Å². The van der Waals surface area contributed by atoms with Crippen molar-refractivity contribution in [1.82, 2.24) is 0 Å².